The molecule has 2 aromatic carbocycles. The number of aliphatic carboxylic acids is 1. The molecule has 0 aromatic heterocycles. The van der Waals surface area contributed by atoms with Crippen LogP contribution in [0.25, 0.3) is 10.8 Å². The molecule has 0 aliphatic heterocycles. The number of methoxy groups -OCH3 is 1. The molecule has 2 rings (SSSR count). The van der Waals surface area contributed by atoms with Crippen LogP contribution < -0.4 is 4.74 Å². The van der Waals surface area contributed by atoms with Gasteiger partial charge < -0.3 is 14.6 Å². The van der Waals surface area contributed by atoms with Crippen molar-refractivity contribution in [3.05, 3.63) is 42.0 Å². The van der Waals surface area contributed by atoms with Crippen molar-refractivity contribution in [3.8, 4) is 5.75 Å². The predicted molar refractivity (Wildman–Crippen MR) is 86.6 cm³/mol. The van der Waals surface area contributed by atoms with E-state index in [0.717, 1.165) is 22.1 Å². The van der Waals surface area contributed by atoms with Crippen molar-refractivity contribution < 1.29 is 19.4 Å². The summed E-state index contributed by atoms with van der Waals surface area (Å²) in [6.07, 6.45) is 0.442. The van der Waals surface area contributed by atoms with Gasteiger partial charge in [0.25, 0.3) is 0 Å². The van der Waals surface area contributed by atoms with Gasteiger partial charge in [0.1, 0.15) is 5.75 Å². The molecule has 0 unspecified atom stereocenters. The lowest BCUT2D eigenvalue weighted by Crippen LogP contribution is -2.33. The topological polar surface area (TPSA) is 55.8 Å². The van der Waals surface area contributed by atoms with Gasteiger partial charge in [-0.15, -0.1) is 0 Å². The van der Waals surface area contributed by atoms with E-state index < -0.39 is 11.4 Å². The minimum Gasteiger partial charge on any atom is -0.497 e. The first-order valence-corrected chi connectivity index (χ1v) is 7.40. The van der Waals surface area contributed by atoms with Crippen LogP contribution in [0.3, 0.4) is 0 Å². The molecule has 2 aromatic rings. The number of ether oxygens (including phenoxy) is 2. The van der Waals surface area contributed by atoms with Gasteiger partial charge in [0.05, 0.1) is 12.5 Å². The van der Waals surface area contributed by atoms with Crippen LogP contribution in [0.2, 0.25) is 0 Å². The molecule has 4 nitrogen and oxygen atoms in total. The average Bonchev–Trinajstić information content (AvgIpc) is 2.53. The Morgan fingerprint density at radius 2 is 1.86 bits per heavy atom. The fourth-order valence-electron chi connectivity index (χ4n) is 2.49. The third kappa shape index (κ3) is 3.22. The molecule has 0 bridgehead atoms. The standard InChI is InChI=1S/C18H22O4/c1-4-22-10-9-18(2,17(19)20)15-7-5-14-12-16(21-3)8-6-13(14)11-15/h5-8,11-12H,4,9-10H2,1-3H3,(H,19,20)/t18-/m1/s1. The highest BCUT2D eigenvalue weighted by Crippen LogP contribution is 2.31. The van der Waals surface area contributed by atoms with Gasteiger partial charge in [-0.25, -0.2) is 0 Å². The Kier molecular flexibility index (Phi) is 5.03. The lowest BCUT2D eigenvalue weighted by Gasteiger charge is -2.25. The lowest BCUT2D eigenvalue weighted by molar-refractivity contribution is -0.144. The summed E-state index contributed by atoms with van der Waals surface area (Å²) in [5.41, 5.74) is -0.166. The second-order valence-corrected chi connectivity index (χ2v) is 5.51. The lowest BCUT2D eigenvalue weighted by atomic mass is 9.79. The zero-order chi connectivity index (χ0) is 16.2. The first kappa shape index (κ1) is 16.3. The van der Waals surface area contributed by atoms with E-state index in [0.29, 0.717) is 19.6 Å². The van der Waals surface area contributed by atoms with Crippen LogP contribution in [0, 0.1) is 0 Å². The maximum Gasteiger partial charge on any atom is 0.313 e. The number of carboxylic acid groups (broad SMARTS) is 1. The monoisotopic (exact) mass is 302 g/mol. The van der Waals surface area contributed by atoms with E-state index in [2.05, 4.69) is 0 Å². The van der Waals surface area contributed by atoms with E-state index in [9.17, 15) is 9.90 Å². The molecule has 0 amide bonds. The van der Waals surface area contributed by atoms with Crippen LogP contribution in [0.15, 0.2) is 36.4 Å². The third-order valence-electron chi connectivity index (χ3n) is 4.11. The van der Waals surface area contributed by atoms with Crippen molar-refractivity contribution in [2.75, 3.05) is 20.3 Å². The molecular weight excluding hydrogens is 280 g/mol. The molecule has 0 saturated carbocycles. The Hall–Kier alpha value is -2.07. The summed E-state index contributed by atoms with van der Waals surface area (Å²) in [5, 5.41) is 11.7. The van der Waals surface area contributed by atoms with Gasteiger partial charge in [0.2, 0.25) is 0 Å². The van der Waals surface area contributed by atoms with Gasteiger partial charge in [-0.05, 0) is 48.7 Å². The number of carboxylic acids is 1. The van der Waals surface area contributed by atoms with Gasteiger partial charge in [0, 0.05) is 13.2 Å². The van der Waals surface area contributed by atoms with E-state index in [1.807, 2.05) is 43.3 Å². The van der Waals surface area contributed by atoms with E-state index in [1.165, 1.54) is 0 Å². The molecule has 22 heavy (non-hydrogen) atoms. The number of rotatable bonds is 7. The molecule has 118 valence electrons. The summed E-state index contributed by atoms with van der Waals surface area (Å²) < 4.78 is 10.6. The molecule has 0 heterocycles. The number of hydrogen-bond donors (Lipinski definition) is 1. The van der Waals surface area contributed by atoms with Gasteiger partial charge in [-0.3, -0.25) is 4.79 Å². The largest absolute Gasteiger partial charge is 0.497 e. The van der Waals surface area contributed by atoms with E-state index in [-0.39, 0.29) is 0 Å². The highest BCUT2D eigenvalue weighted by atomic mass is 16.5. The van der Waals surface area contributed by atoms with Gasteiger partial charge in [-0.2, -0.15) is 0 Å². The molecule has 0 aliphatic carbocycles. The summed E-state index contributed by atoms with van der Waals surface area (Å²) in [4.78, 5) is 11.8. The zero-order valence-electron chi connectivity index (χ0n) is 13.3. The fraction of sp³-hybridized carbons (Fsp3) is 0.389. The zero-order valence-corrected chi connectivity index (χ0v) is 13.3. The average molecular weight is 302 g/mol. The van der Waals surface area contributed by atoms with Crippen LogP contribution in [0.1, 0.15) is 25.8 Å². The summed E-state index contributed by atoms with van der Waals surface area (Å²) >= 11 is 0. The number of carbonyl (C=O) groups is 1. The van der Waals surface area contributed by atoms with E-state index in [1.54, 1.807) is 14.0 Å². The molecule has 0 radical (unpaired) electrons. The molecule has 4 heteroatoms. The fourth-order valence-corrected chi connectivity index (χ4v) is 2.49. The van der Waals surface area contributed by atoms with Crippen LogP contribution in [-0.4, -0.2) is 31.4 Å². The predicted octanol–water partition coefficient (Wildman–Crippen LogP) is 3.62. The summed E-state index contributed by atoms with van der Waals surface area (Å²) in [7, 11) is 1.63. The van der Waals surface area contributed by atoms with Crippen molar-refractivity contribution in [3.63, 3.8) is 0 Å². The Balaban J connectivity index is 2.39. The Bertz CT molecular complexity index is 665. The van der Waals surface area contributed by atoms with Crippen molar-refractivity contribution in [2.45, 2.75) is 25.7 Å². The van der Waals surface area contributed by atoms with Crippen LogP contribution >= 0.6 is 0 Å². The third-order valence-corrected chi connectivity index (χ3v) is 4.11. The van der Waals surface area contributed by atoms with Crippen molar-refractivity contribution in [2.24, 2.45) is 0 Å². The van der Waals surface area contributed by atoms with Crippen molar-refractivity contribution in [1.82, 2.24) is 0 Å². The first-order valence-electron chi connectivity index (χ1n) is 7.40. The highest BCUT2D eigenvalue weighted by molar-refractivity contribution is 5.88. The second kappa shape index (κ2) is 6.79. The van der Waals surface area contributed by atoms with Gasteiger partial charge in [-0.1, -0.05) is 24.3 Å². The number of fused-ring (bicyclic) bond motifs is 1. The van der Waals surface area contributed by atoms with Gasteiger partial charge in [0.15, 0.2) is 0 Å². The second-order valence-electron chi connectivity index (χ2n) is 5.51. The minimum atomic E-state index is -0.955. The smallest absolute Gasteiger partial charge is 0.313 e. The normalized spacial score (nSPS) is 13.8. The number of hydrogen-bond acceptors (Lipinski definition) is 3. The molecule has 1 atom stereocenters. The van der Waals surface area contributed by atoms with Crippen LogP contribution in [-0.2, 0) is 14.9 Å². The summed E-state index contributed by atoms with van der Waals surface area (Å²) in [6.45, 7) is 4.67. The van der Waals surface area contributed by atoms with Crippen LogP contribution in [0.5, 0.6) is 5.75 Å². The SMILES string of the molecule is CCOCC[C@@](C)(C(=O)O)c1ccc2cc(OC)ccc2c1. The maximum atomic E-state index is 11.8. The Morgan fingerprint density at radius 3 is 2.50 bits per heavy atom. The molecule has 0 fully saturated rings. The molecule has 0 spiro atoms. The molecule has 0 aliphatic rings. The highest BCUT2D eigenvalue weighted by Gasteiger charge is 2.35. The Labute approximate surface area is 130 Å². The minimum absolute atomic E-state index is 0.431. The quantitative estimate of drug-likeness (QED) is 0.794. The Morgan fingerprint density at radius 1 is 1.18 bits per heavy atom. The van der Waals surface area contributed by atoms with Crippen molar-refractivity contribution >= 4 is 16.7 Å². The van der Waals surface area contributed by atoms with E-state index in [4.69, 9.17) is 9.47 Å². The summed E-state index contributed by atoms with van der Waals surface area (Å²) in [5.74, 6) is -0.0438. The molecule has 0 saturated heterocycles. The van der Waals surface area contributed by atoms with Gasteiger partial charge >= 0.3 is 5.97 Å². The molecule has 1 N–H and O–H groups in total. The number of benzene rings is 2. The van der Waals surface area contributed by atoms with Crippen molar-refractivity contribution in [1.29, 1.82) is 0 Å². The maximum absolute atomic E-state index is 11.8. The summed E-state index contributed by atoms with van der Waals surface area (Å²) in [6, 6.07) is 11.5. The molecular formula is C18H22O4. The first-order chi connectivity index (χ1) is 10.5. The van der Waals surface area contributed by atoms with Crippen LogP contribution in [0.4, 0.5) is 0 Å². The van der Waals surface area contributed by atoms with E-state index >= 15 is 0 Å².